The first-order valence-electron chi connectivity index (χ1n) is 12.2. The predicted octanol–water partition coefficient (Wildman–Crippen LogP) is 3.80. The minimum absolute atomic E-state index is 0.206. The van der Waals surface area contributed by atoms with Crippen LogP contribution in [0.2, 0.25) is 0 Å². The van der Waals surface area contributed by atoms with Gasteiger partial charge in [-0.1, -0.05) is 0 Å². The van der Waals surface area contributed by atoms with Crippen LogP contribution in [0.5, 0.6) is 17.4 Å². The minimum atomic E-state index is -1.23. The van der Waals surface area contributed by atoms with Crippen molar-refractivity contribution < 1.29 is 33.6 Å². The van der Waals surface area contributed by atoms with Gasteiger partial charge in [-0.05, 0) is 20.8 Å². The van der Waals surface area contributed by atoms with Gasteiger partial charge in [-0.25, -0.2) is 29.2 Å². The number of ether oxygens (including phenoxy) is 4. The van der Waals surface area contributed by atoms with E-state index in [1.807, 2.05) is 0 Å². The van der Waals surface area contributed by atoms with E-state index < -0.39 is 17.7 Å². The molecule has 4 heterocycles. The lowest BCUT2D eigenvalue weighted by Crippen LogP contribution is -2.41. The Balaban J connectivity index is 1.62. The molecular weight excluding hydrogens is 522 g/mol. The zero-order valence-corrected chi connectivity index (χ0v) is 22.5. The standard InChI is InChI=1S/C26H27N7O7/c1-26(2,3)40-25(36)32-8-9-39-19-11-17(18(37-4)10-16(19)32)33-15-12-20(29-13-14(15)21(31-33)24(34)35)30-22-23(38-5)28-7-6-27-22/h6-7,10-13H,8-9H2,1-5H3,(H,34,35)(H,27,29,30). The number of benzene rings is 1. The quantitative estimate of drug-likeness (QED) is 0.358. The van der Waals surface area contributed by atoms with Gasteiger partial charge in [0, 0.05) is 36.8 Å². The number of aromatic carboxylic acids is 1. The number of nitrogens with one attached hydrogen (secondary N) is 1. The molecule has 14 nitrogen and oxygen atoms in total. The number of hydrogen-bond donors (Lipinski definition) is 2. The molecule has 2 N–H and O–H groups in total. The second-order valence-corrected chi connectivity index (χ2v) is 9.66. The lowest BCUT2D eigenvalue weighted by molar-refractivity contribution is 0.0567. The summed E-state index contributed by atoms with van der Waals surface area (Å²) in [6, 6.07) is 4.89. The topological polar surface area (TPSA) is 163 Å². The van der Waals surface area contributed by atoms with E-state index in [2.05, 4.69) is 25.4 Å². The summed E-state index contributed by atoms with van der Waals surface area (Å²) in [5.74, 6) is 0.390. The van der Waals surface area contributed by atoms with Gasteiger partial charge in [0.05, 0.1) is 37.4 Å². The van der Waals surface area contributed by atoms with Crippen molar-refractivity contribution in [3.63, 3.8) is 0 Å². The van der Waals surface area contributed by atoms with Gasteiger partial charge >= 0.3 is 12.1 Å². The fourth-order valence-electron chi connectivity index (χ4n) is 4.17. The number of carbonyl (C=O) groups is 2. The predicted molar refractivity (Wildman–Crippen MR) is 143 cm³/mol. The summed E-state index contributed by atoms with van der Waals surface area (Å²) in [5, 5.41) is 17.5. The van der Waals surface area contributed by atoms with Gasteiger partial charge in [-0.3, -0.25) is 4.90 Å². The Morgan fingerprint density at radius 2 is 1.82 bits per heavy atom. The Bertz CT molecular complexity index is 1610. The molecule has 5 rings (SSSR count). The van der Waals surface area contributed by atoms with E-state index in [0.29, 0.717) is 45.4 Å². The Morgan fingerprint density at radius 1 is 1.05 bits per heavy atom. The zero-order valence-electron chi connectivity index (χ0n) is 22.5. The molecule has 208 valence electrons. The van der Waals surface area contributed by atoms with Gasteiger partial charge < -0.3 is 29.4 Å². The van der Waals surface area contributed by atoms with Gasteiger partial charge in [0.1, 0.15) is 35.2 Å². The van der Waals surface area contributed by atoms with Crippen LogP contribution in [0.1, 0.15) is 31.3 Å². The first kappa shape index (κ1) is 26.5. The fraction of sp³-hybridized carbons (Fsp3) is 0.308. The van der Waals surface area contributed by atoms with Crippen molar-refractivity contribution in [2.75, 3.05) is 37.6 Å². The van der Waals surface area contributed by atoms with Crippen LogP contribution in [0, 0.1) is 0 Å². The second kappa shape index (κ2) is 10.2. The monoisotopic (exact) mass is 549 g/mol. The number of pyridine rings is 1. The highest BCUT2D eigenvalue weighted by Crippen LogP contribution is 2.41. The highest BCUT2D eigenvalue weighted by molar-refractivity contribution is 6.02. The Morgan fingerprint density at radius 3 is 2.52 bits per heavy atom. The molecule has 1 aliphatic rings. The van der Waals surface area contributed by atoms with Crippen molar-refractivity contribution in [3.05, 3.63) is 42.5 Å². The zero-order chi connectivity index (χ0) is 28.6. The normalized spacial score (nSPS) is 12.9. The molecule has 40 heavy (non-hydrogen) atoms. The molecule has 0 unspecified atom stereocenters. The van der Waals surface area contributed by atoms with Gasteiger partial charge in [-0.2, -0.15) is 5.10 Å². The first-order valence-corrected chi connectivity index (χ1v) is 12.2. The summed E-state index contributed by atoms with van der Waals surface area (Å²) in [4.78, 5) is 39.1. The van der Waals surface area contributed by atoms with Crippen LogP contribution in [-0.4, -0.2) is 74.9 Å². The third-order valence-electron chi connectivity index (χ3n) is 5.84. The Labute approximate surface area is 228 Å². The number of hydrogen-bond acceptors (Lipinski definition) is 11. The molecule has 0 spiro atoms. The number of nitrogens with zero attached hydrogens (tertiary/aromatic N) is 6. The third-order valence-corrected chi connectivity index (χ3v) is 5.84. The lowest BCUT2D eigenvalue weighted by atomic mass is 10.2. The molecule has 1 amide bonds. The number of carboxylic acids is 1. The van der Waals surface area contributed by atoms with Gasteiger partial charge in [0.25, 0.3) is 5.88 Å². The molecule has 3 aromatic heterocycles. The highest BCUT2D eigenvalue weighted by Gasteiger charge is 2.31. The van der Waals surface area contributed by atoms with Crippen LogP contribution in [0.15, 0.2) is 36.8 Å². The molecule has 14 heteroatoms. The van der Waals surface area contributed by atoms with E-state index in [4.69, 9.17) is 18.9 Å². The van der Waals surface area contributed by atoms with E-state index in [0.717, 1.165) is 0 Å². The fourth-order valence-corrected chi connectivity index (χ4v) is 4.17. The van der Waals surface area contributed by atoms with Crippen LogP contribution in [0.4, 0.5) is 22.1 Å². The SMILES string of the molecule is COc1cc2c(cc1-n1nc(C(=O)O)c3cnc(Nc4nccnc4OC)cc31)OCCN2C(=O)OC(C)(C)C. The first-order chi connectivity index (χ1) is 19.1. The van der Waals surface area contributed by atoms with E-state index in [1.54, 1.807) is 39.0 Å². The van der Waals surface area contributed by atoms with E-state index >= 15 is 0 Å². The van der Waals surface area contributed by atoms with Crippen LogP contribution >= 0.6 is 0 Å². The maximum absolute atomic E-state index is 12.9. The van der Waals surface area contributed by atoms with Crippen LogP contribution in [0.25, 0.3) is 16.6 Å². The van der Waals surface area contributed by atoms with Crippen LogP contribution in [-0.2, 0) is 4.74 Å². The minimum Gasteiger partial charge on any atom is -0.494 e. The number of aromatic nitrogens is 5. The smallest absolute Gasteiger partial charge is 0.415 e. The van der Waals surface area contributed by atoms with E-state index in [1.165, 1.54) is 42.4 Å². The van der Waals surface area contributed by atoms with Crippen LogP contribution in [0.3, 0.4) is 0 Å². The van der Waals surface area contributed by atoms with Crippen molar-refractivity contribution in [3.8, 4) is 23.1 Å². The highest BCUT2D eigenvalue weighted by atomic mass is 16.6. The number of anilines is 3. The number of methoxy groups -OCH3 is 2. The van der Waals surface area contributed by atoms with Crippen molar-refractivity contribution >= 4 is 40.3 Å². The van der Waals surface area contributed by atoms with Crippen molar-refractivity contribution in [1.29, 1.82) is 0 Å². The number of amides is 1. The summed E-state index contributed by atoms with van der Waals surface area (Å²) in [6.45, 7) is 5.88. The third kappa shape index (κ3) is 4.98. The summed E-state index contributed by atoms with van der Waals surface area (Å²) in [7, 11) is 2.93. The second-order valence-electron chi connectivity index (χ2n) is 9.66. The summed E-state index contributed by atoms with van der Waals surface area (Å²) >= 11 is 0. The molecule has 0 saturated heterocycles. The number of fused-ring (bicyclic) bond motifs is 2. The van der Waals surface area contributed by atoms with E-state index in [-0.39, 0.29) is 24.7 Å². The summed E-state index contributed by atoms with van der Waals surface area (Å²) in [5.41, 5.74) is 0.363. The maximum Gasteiger partial charge on any atom is 0.415 e. The number of rotatable bonds is 6. The molecule has 1 aromatic carbocycles. The molecule has 0 fully saturated rings. The molecule has 0 atom stereocenters. The molecule has 1 aliphatic heterocycles. The summed E-state index contributed by atoms with van der Waals surface area (Å²) < 4.78 is 23.8. The van der Waals surface area contributed by atoms with Crippen molar-refractivity contribution in [2.24, 2.45) is 0 Å². The molecule has 4 aromatic rings. The molecule has 0 bridgehead atoms. The average Bonchev–Trinajstić information content (AvgIpc) is 3.30. The molecular formula is C26H27N7O7. The average molecular weight is 550 g/mol. The largest absolute Gasteiger partial charge is 0.494 e. The number of carboxylic acid groups (broad SMARTS) is 1. The molecule has 0 radical (unpaired) electrons. The van der Waals surface area contributed by atoms with Gasteiger partial charge in [0.15, 0.2) is 11.5 Å². The Kier molecular flexibility index (Phi) is 6.75. The van der Waals surface area contributed by atoms with Crippen molar-refractivity contribution in [1.82, 2.24) is 24.7 Å². The summed E-state index contributed by atoms with van der Waals surface area (Å²) in [6.07, 6.45) is 3.86. The van der Waals surface area contributed by atoms with Gasteiger partial charge in [0.2, 0.25) is 0 Å². The van der Waals surface area contributed by atoms with E-state index in [9.17, 15) is 14.7 Å². The maximum atomic E-state index is 12.9. The lowest BCUT2D eigenvalue weighted by Gasteiger charge is -2.32. The molecule has 0 saturated carbocycles. The van der Waals surface area contributed by atoms with Crippen molar-refractivity contribution in [2.45, 2.75) is 26.4 Å². The Hall–Kier alpha value is -5.14. The van der Waals surface area contributed by atoms with Crippen LogP contribution < -0.4 is 24.4 Å². The molecule has 0 aliphatic carbocycles. The van der Waals surface area contributed by atoms with Gasteiger partial charge in [-0.15, -0.1) is 0 Å². The number of carbonyl (C=O) groups excluding carboxylic acids is 1.